The molecule has 0 aliphatic heterocycles. The van der Waals surface area contributed by atoms with Gasteiger partial charge in [-0.25, -0.2) is 0 Å². The third-order valence-electron chi connectivity index (χ3n) is 2.00. The summed E-state index contributed by atoms with van der Waals surface area (Å²) >= 11 is 1.87. The van der Waals surface area contributed by atoms with Crippen molar-refractivity contribution in [1.82, 2.24) is 0 Å². The predicted molar refractivity (Wildman–Crippen MR) is 45.8 cm³/mol. The molecule has 0 saturated carbocycles. The van der Waals surface area contributed by atoms with E-state index in [1.165, 1.54) is 16.9 Å². The molecule has 0 spiro atoms. The highest BCUT2D eigenvalue weighted by molar-refractivity contribution is 7.98. The monoisotopic (exact) mass is 150 g/mol. The highest BCUT2D eigenvalue weighted by atomic mass is 32.2. The van der Waals surface area contributed by atoms with Gasteiger partial charge in [0.1, 0.15) is 0 Å². The van der Waals surface area contributed by atoms with E-state index in [-0.39, 0.29) is 0 Å². The van der Waals surface area contributed by atoms with Crippen LogP contribution in [0.4, 0.5) is 0 Å². The molecule has 0 radical (unpaired) electrons. The van der Waals surface area contributed by atoms with Crippen molar-refractivity contribution < 1.29 is 0 Å². The number of thioether (sulfide) groups is 1. The van der Waals surface area contributed by atoms with Gasteiger partial charge in [-0.3, -0.25) is 0 Å². The largest absolute Gasteiger partial charge is 0.129 e. The first-order valence-corrected chi connectivity index (χ1v) is 4.70. The molecule has 0 fully saturated rings. The molecule has 0 bridgehead atoms. The van der Waals surface area contributed by atoms with Crippen molar-refractivity contribution in [3.63, 3.8) is 0 Å². The average Bonchev–Trinajstić information content (AvgIpc) is 2.66. The molecule has 1 aliphatic rings. The quantitative estimate of drug-likeness (QED) is 0.563. The van der Waals surface area contributed by atoms with E-state index in [0.29, 0.717) is 0 Å². The molecule has 1 aromatic rings. The molecule has 0 atom stereocenters. The summed E-state index contributed by atoms with van der Waals surface area (Å²) < 4.78 is 0. The van der Waals surface area contributed by atoms with Crippen LogP contribution in [0, 0.1) is 6.92 Å². The molecule has 0 unspecified atom stereocenters. The van der Waals surface area contributed by atoms with Crippen molar-refractivity contribution in [2.45, 2.75) is 18.2 Å². The third kappa shape index (κ3) is 0.772. The number of rotatable bonds is 1. The Balaban J connectivity index is 2.57. The minimum Gasteiger partial charge on any atom is -0.129 e. The molecule has 0 N–H and O–H groups in total. The van der Waals surface area contributed by atoms with Gasteiger partial charge in [0.2, 0.25) is 0 Å². The van der Waals surface area contributed by atoms with Crippen molar-refractivity contribution in [2.24, 2.45) is 0 Å². The van der Waals surface area contributed by atoms with Gasteiger partial charge in [-0.15, -0.1) is 11.8 Å². The Kier molecular flexibility index (Phi) is 1.27. The van der Waals surface area contributed by atoms with Crippen LogP contribution in [0.15, 0.2) is 17.0 Å². The molecule has 0 amide bonds. The Morgan fingerprint density at radius 3 is 2.80 bits per heavy atom. The van der Waals surface area contributed by atoms with Crippen LogP contribution in [0.25, 0.3) is 0 Å². The van der Waals surface area contributed by atoms with Gasteiger partial charge in [-0.05, 0) is 36.3 Å². The predicted octanol–water partition coefficient (Wildman–Crippen LogP) is 2.62. The highest BCUT2D eigenvalue weighted by Crippen LogP contribution is 2.38. The van der Waals surface area contributed by atoms with Crippen molar-refractivity contribution in [1.29, 1.82) is 0 Å². The first-order valence-electron chi connectivity index (χ1n) is 3.48. The summed E-state index contributed by atoms with van der Waals surface area (Å²) in [5.74, 6) is 0. The molecule has 52 valence electrons. The Hall–Kier alpha value is -0.430. The molecule has 0 nitrogen and oxygen atoms in total. The lowest BCUT2D eigenvalue weighted by Gasteiger charge is -1.98. The summed E-state index contributed by atoms with van der Waals surface area (Å²) in [6.45, 7) is 2.18. The van der Waals surface area contributed by atoms with E-state index in [4.69, 9.17) is 0 Å². The summed E-state index contributed by atoms with van der Waals surface area (Å²) in [6, 6.07) is 4.46. The van der Waals surface area contributed by atoms with Crippen molar-refractivity contribution in [3.8, 4) is 0 Å². The van der Waals surface area contributed by atoms with Crippen LogP contribution in [-0.2, 0) is 6.42 Å². The molecule has 10 heavy (non-hydrogen) atoms. The third-order valence-corrected chi connectivity index (χ3v) is 2.98. The Bertz CT molecular complexity index is 273. The van der Waals surface area contributed by atoms with E-state index in [1.807, 2.05) is 11.8 Å². The smallest absolute Gasteiger partial charge is 0.0137 e. The lowest BCUT2D eigenvalue weighted by atomic mass is 10.2. The molecule has 2 rings (SSSR count). The van der Waals surface area contributed by atoms with Gasteiger partial charge in [0.05, 0.1) is 0 Å². The van der Waals surface area contributed by atoms with E-state index >= 15 is 0 Å². The Morgan fingerprint density at radius 1 is 1.40 bits per heavy atom. The molecule has 0 aromatic heterocycles. The van der Waals surface area contributed by atoms with Gasteiger partial charge in [0.15, 0.2) is 0 Å². The zero-order valence-corrected chi connectivity index (χ0v) is 7.09. The lowest BCUT2D eigenvalue weighted by molar-refractivity contribution is 1.30. The van der Waals surface area contributed by atoms with Crippen molar-refractivity contribution in [2.75, 3.05) is 6.26 Å². The number of hydrogen-bond acceptors (Lipinski definition) is 1. The standard InChI is InChI=1S/C9H10S/c1-6-3-4-7-5-8(7)9(6)10-2/h3-4H,5H2,1-2H3. The van der Waals surface area contributed by atoms with E-state index in [1.54, 1.807) is 11.1 Å². The van der Waals surface area contributed by atoms with Crippen LogP contribution in [0.1, 0.15) is 16.7 Å². The number of aryl methyl sites for hydroxylation is 1. The van der Waals surface area contributed by atoms with Crippen molar-refractivity contribution >= 4 is 11.8 Å². The maximum absolute atomic E-state index is 2.24. The van der Waals surface area contributed by atoms with E-state index in [0.717, 1.165) is 0 Å². The van der Waals surface area contributed by atoms with Gasteiger partial charge in [0, 0.05) is 4.90 Å². The van der Waals surface area contributed by atoms with Gasteiger partial charge >= 0.3 is 0 Å². The van der Waals surface area contributed by atoms with Gasteiger partial charge < -0.3 is 0 Å². The molecular formula is C9H10S. The summed E-state index contributed by atoms with van der Waals surface area (Å²) in [5.41, 5.74) is 4.58. The second-order valence-electron chi connectivity index (χ2n) is 2.73. The molecular weight excluding hydrogens is 140 g/mol. The van der Waals surface area contributed by atoms with Crippen LogP contribution >= 0.6 is 11.8 Å². The minimum absolute atomic E-state index is 1.24. The van der Waals surface area contributed by atoms with Crippen LogP contribution in [-0.4, -0.2) is 6.26 Å². The van der Waals surface area contributed by atoms with Crippen LogP contribution in [0.5, 0.6) is 0 Å². The van der Waals surface area contributed by atoms with E-state index in [9.17, 15) is 0 Å². The SMILES string of the molecule is CSc1c(C)ccc2c1C2. The topological polar surface area (TPSA) is 0 Å². The maximum atomic E-state index is 2.24. The van der Waals surface area contributed by atoms with Gasteiger partial charge in [0.25, 0.3) is 0 Å². The molecule has 0 heterocycles. The fraction of sp³-hybridized carbons (Fsp3) is 0.333. The maximum Gasteiger partial charge on any atom is 0.0137 e. The first kappa shape index (κ1) is 6.29. The average molecular weight is 150 g/mol. The summed E-state index contributed by atoms with van der Waals surface area (Å²) in [7, 11) is 0. The zero-order chi connectivity index (χ0) is 7.14. The summed E-state index contributed by atoms with van der Waals surface area (Å²) in [6.07, 6.45) is 3.39. The van der Waals surface area contributed by atoms with E-state index in [2.05, 4.69) is 25.3 Å². The van der Waals surface area contributed by atoms with Gasteiger partial charge in [-0.2, -0.15) is 0 Å². The van der Waals surface area contributed by atoms with Crippen LogP contribution < -0.4 is 0 Å². The normalized spacial score (nSPS) is 13.0. The zero-order valence-electron chi connectivity index (χ0n) is 6.27. The molecule has 0 saturated heterocycles. The van der Waals surface area contributed by atoms with Crippen LogP contribution in [0.2, 0.25) is 0 Å². The first-order chi connectivity index (χ1) is 4.83. The minimum atomic E-state index is 1.24. The fourth-order valence-electron chi connectivity index (χ4n) is 1.36. The number of hydrogen-bond donors (Lipinski definition) is 0. The second-order valence-corrected chi connectivity index (χ2v) is 3.55. The fourth-order valence-corrected chi connectivity index (χ4v) is 2.20. The highest BCUT2D eigenvalue weighted by Gasteiger charge is 2.20. The molecule has 1 heteroatoms. The molecule has 1 aromatic carbocycles. The Morgan fingerprint density at radius 2 is 2.20 bits per heavy atom. The summed E-state index contributed by atoms with van der Waals surface area (Å²) in [5, 5.41) is 0. The lowest BCUT2D eigenvalue weighted by Crippen LogP contribution is -1.75. The number of fused-ring (bicyclic) bond motifs is 1. The summed E-state index contributed by atoms with van der Waals surface area (Å²) in [4.78, 5) is 1.51. The van der Waals surface area contributed by atoms with Crippen molar-refractivity contribution in [3.05, 3.63) is 28.8 Å². The van der Waals surface area contributed by atoms with E-state index < -0.39 is 0 Å². The van der Waals surface area contributed by atoms with Crippen LogP contribution in [0.3, 0.4) is 0 Å². The second kappa shape index (κ2) is 2.03. The van der Waals surface area contributed by atoms with Gasteiger partial charge in [-0.1, -0.05) is 12.1 Å². The molecule has 1 aliphatic carbocycles. The number of benzene rings is 1. The Labute approximate surface area is 65.6 Å².